The predicted molar refractivity (Wildman–Crippen MR) is 100 cm³/mol. The average molecular weight is 310 g/mol. The molecule has 0 spiro atoms. The van der Waals surface area contributed by atoms with Gasteiger partial charge in [-0.3, -0.25) is 0 Å². The van der Waals surface area contributed by atoms with Crippen molar-refractivity contribution in [3.8, 4) is 16.9 Å². The number of rotatable bonds is 2. The minimum atomic E-state index is 0.0191. The van der Waals surface area contributed by atoms with E-state index in [-0.39, 0.29) is 10.8 Å². The van der Waals surface area contributed by atoms with Crippen LogP contribution in [0.3, 0.4) is 0 Å². The highest BCUT2D eigenvalue weighted by molar-refractivity contribution is 5.78. The lowest BCUT2D eigenvalue weighted by atomic mass is 9.74. The van der Waals surface area contributed by atoms with Crippen LogP contribution in [-0.2, 0) is 17.3 Å². The third-order valence-corrected chi connectivity index (χ3v) is 4.42. The maximum absolute atomic E-state index is 10.6. The molecule has 0 aliphatic rings. The molecule has 124 valence electrons. The molecule has 0 heterocycles. The minimum absolute atomic E-state index is 0.0191. The lowest BCUT2D eigenvalue weighted by molar-refractivity contribution is 0.476. The molecule has 23 heavy (non-hydrogen) atoms. The zero-order chi connectivity index (χ0) is 17.4. The monoisotopic (exact) mass is 310 g/mol. The first-order chi connectivity index (χ1) is 10.6. The third kappa shape index (κ3) is 3.60. The molecule has 0 aliphatic heterocycles. The van der Waals surface area contributed by atoms with E-state index in [4.69, 9.17) is 0 Å². The summed E-state index contributed by atoms with van der Waals surface area (Å²) in [4.78, 5) is 0. The van der Waals surface area contributed by atoms with Crippen LogP contribution in [0.1, 0.15) is 65.2 Å². The molecule has 0 aliphatic carbocycles. The van der Waals surface area contributed by atoms with E-state index in [0.717, 1.165) is 12.0 Å². The third-order valence-electron chi connectivity index (χ3n) is 4.42. The van der Waals surface area contributed by atoms with Crippen molar-refractivity contribution in [2.45, 2.75) is 65.7 Å². The van der Waals surface area contributed by atoms with Crippen LogP contribution in [0.4, 0.5) is 0 Å². The van der Waals surface area contributed by atoms with Crippen LogP contribution in [0.2, 0.25) is 0 Å². The molecular weight excluding hydrogens is 280 g/mol. The van der Waals surface area contributed by atoms with Crippen LogP contribution in [-0.4, -0.2) is 5.11 Å². The second kappa shape index (κ2) is 6.03. The van der Waals surface area contributed by atoms with Gasteiger partial charge in [-0.2, -0.15) is 0 Å². The first kappa shape index (κ1) is 17.6. The normalized spacial score (nSPS) is 12.5. The summed E-state index contributed by atoms with van der Waals surface area (Å²) < 4.78 is 0. The van der Waals surface area contributed by atoms with Crippen molar-refractivity contribution in [2.75, 3.05) is 0 Å². The van der Waals surface area contributed by atoms with E-state index >= 15 is 0 Å². The van der Waals surface area contributed by atoms with Crippen molar-refractivity contribution in [1.29, 1.82) is 0 Å². The van der Waals surface area contributed by atoms with Crippen LogP contribution in [0.25, 0.3) is 11.1 Å². The Hall–Kier alpha value is -1.76. The molecule has 0 amide bonds. The summed E-state index contributed by atoms with van der Waals surface area (Å²) in [5, 5.41) is 10.6. The van der Waals surface area contributed by atoms with Crippen molar-refractivity contribution in [2.24, 2.45) is 0 Å². The maximum Gasteiger partial charge on any atom is 0.123 e. The van der Waals surface area contributed by atoms with Crippen molar-refractivity contribution in [3.63, 3.8) is 0 Å². The van der Waals surface area contributed by atoms with Gasteiger partial charge in [-0.1, -0.05) is 72.7 Å². The zero-order valence-corrected chi connectivity index (χ0v) is 15.6. The van der Waals surface area contributed by atoms with Crippen molar-refractivity contribution < 1.29 is 5.11 Å². The summed E-state index contributed by atoms with van der Waals surface area (Å²) in [6.45, 7) is 15.6. The van der Waals surface area contributed by atoms with E-state index in [1.165, 1.54) is 22.3 Å². The van der Waals surface area contributed by atoms with Gasteiger partial charge in [-0.05, 0) is 51.6 Å². The standard InChI is InChI=1S/C22H30O/c1-8-15-12-13-19(23)16(14-15)20-17(21(2,3)4)10-9-11-18(20)22(5,6)7/h9-14,23H,8H2,1-7H3. The first-order valence-corrected chi connectivity index (χ1v) is 8.52. The highest BCUT2D eigenvalue weighted by atomic mass is 16.3. The average Bonchev–Trinajstić information content (AvgIpc) is 2.45. The molecule has 0 fully saturated rings. The van der Waals surface area contributed by atoms with Gasteiger partial charge in [-0.15, -0.1) is 0 Å². The Kier molecular flexibility index (Phi) is 4.61. The fourth-order valence-corrected chi connectivity index (χ4v) is 3.10. The molecule has 1 heteroatoms. The highest BCUT2D eigenvalue weighted by Gasteiger charge is 2.27. The Bertz CT molecular complexity index is 665. The Morgan fingerprint density at radius 3 is 1.78 bits per heavy atom. The second-order valence-corrected chi connectivity index (χ2v) is 8.43. The first-order valence-electron chi connectivity index (χ1n) is 8.52. The van der Waals surface area contributed by atoms with Gasteiger partial charge in [0.25, 0.3) is 0 Å². The second-order valence-electron chi connectivity index (χ2n) is 8.43. The molecule has 0 bridgehead atoms. The van der Waals surface area contributed by atoms with Gasteiger partial charge < -0.3 is 5.11 Å². The summed E-state index contributed by atoms with van der Waals surface area (Å²) in [6, 6.07) is 12.5. The summed E-state index contributed by atoms with van der Waals surface area (Å²) in [7, 11) is 0. The van der Waals surface area contributed by atoms with Crippen molar-refractivity contribution in [1.82, 2.24) is 0 Å². The van der Waals surface area contributed by atoms with E-state index < -0.39 is 0 Å². The van der Waals surface area contributed by atoms with Gasteiger partial charge in [0, 0.05) is 5.56 Å². The van der Waals surface area contributed by atoms with Crippen LogP contribution >= 0.6 is 0 Å². The Labute approximate surface area is 141 Å². The Morgan fingerprint density at radius 1 is 0.826 bits per heavy atom. The molecule has 2 aromatic rings. The number of hydrogen-bond donors (Lipinski definition) is 1. The number of aryl methyl sites for hydroxylation is 1. The molecule has 0 saturated heterocycles. The molecule has 0 saturated carbocycles. The quantitative estimate of drug-likeness (QED) is 0.698. The van der Waals surface area contributed by atoms with Gasteiger partial charge in [0.05, 0.1) is 0 Å². The summed E-state index contributed by atoms with van der Waals surface area (Å²) in [5.41, 5.74) is 6.01. The molecule has 0 aromatic heterocycles. The Morgan fingerprint density at radius 2 is 1.35 bits per heavy atom. The molecule has 0 atom stereocenters. The summed E-state index contributed by atoms with van der Waals surface area (Å²) in [5.74, 6) is 0.365. The minimum Gasteiger partial charge on any atom is -0.507 e. The molecule has 2 aromatic carbocycles. The van der Waals surface area contributed by atoms with Crippen LogP contribution in [0.15, 0.2) is 36.4 Å². The lowest BCUT2D eigenvalue weighted by Gasteiger charge is -2.30. The summed E-state index contributed by atoms with van der Waals surface area (Å²) >= 11 is 0. The van der Waals surface area contributed by atoms with E-state index in [9.17, 15) is 5.11 Å². The van der Waals surface area contributed by atoms with Crippen LogP contribution in [0.5, 0.6) is 5.75 Å². The van der Waals surface area contributed by atoms with Crippen molar-refractivity contribution >= 4 is 0 Å². The molecule has 2 rings (SSSR count). The number of aromatic hydroxyl groups is 1. The van der Waals surface area contributed by atoms with E-state index in [1.54, 1.807) is 0 Å². The van der Waals surface area contributed by atoms with E-state index in [0.29, 0.717) is 5.75 Å². The smallest absolute Gasteiger partial charge is 0.123 e. The Balaban J connectivity index is 2.88. The number of phenols is 1. The molecule has 1 N–H and O–H groups in total. The highest BCUT2D eigenvalue weighted by Crippen LogP contribution is 2.43. The molecule has 0 unspecified atom stereocenters. The molecule has 1 nitrogen and oxygen atoms in total. The number of hydrogen-bond acceptors (Lipinski definition) is 1. The molecule has 0 radical (unpaired) electrons. The van der Waals surface area contributed by atoms with Gasteiger partial charge in [-0.25, -0.2) is 0 Å². The van der Waals surface area contributed by atoms with Gasteiger partial charge >= 0.3 is 0 Å². The van der Waals surface area contributed by atoms with Gasteiger partial charge in [0.2, 0.25) is 0 Å². The fraction of sp³-hybridized carbons (Fsp3) is 0.455. The summed E-state index contributed by atoms with van der Waals surface area (Å²) in [6.07, 6.45) is 0.968. The maximum atomic E-state index is 10.6. The van der Waals surface area contributed by atoms with Crippen molar-refractivity contribution in [3.05, 3.63) is 53.1 Å². The number of phenolic OH excluding ortho intramolecular Hbond substituents is 1. The van der Waals surface area contributed by atoms with Crippen LogP contribution < -0.4 is 0 Å². The fourth-order valence-electron chi connectivity index (χ4n) is 3.10. The molecular formula is C22H30O. The lowest BCUT2D eigenvalue weighted by Crippen LogP contribution is -2.19. The zero-order valence-electron chi connectivity index (χ0n) is 15.6. The van der Waals surface area contributed by atoms with E-state index in [1.807, 2.05) is 12.1 Å². The number of benzene rings is 2. The van der Waals surface area contributed by atoms with Gasteiger partial charge in [0.1, 0.15) is 5.75 Å². The van der Waals surface area contributed by atoms with Crippen LogP contribution in [0, 0.1) is 0 Å². The predicted octanol–water partition coefficient (Wildman–Crippen LogP) is 6.22. The van der Waals surface area contributed by atoms with Gasteiger partial charge in [0.15, 0.2) is 0 Å². The van der Waals surface area contributed by atoms with E-state index in [2.05, 4.69) is 72.7 Å². The largest absolute Gasteiger partial charge is 0.507 e. The topological polar surface area (TPSA) is 20.2 Å². The SMILES string of the molecule is CCc1ccc(O)c(-c2c(C(C)(C)C)cccc2C(C)(C)C)c1.